The minimum absolute atomic E-state index is 0.174. The summed E-state index contributed by atoms with van der Waals surface area (Å²) in [4.78, 5) is 11.8. The molecule has 0 bridgehead atoms. The van der Waals surface area contributed by atoms with Crippen LogP contribution in [0, 0.1) is 0 Å². The van der Waals surface area contributed by atoms with Crippen LogP contribution >= 0.6 is 0 Å². The maximum atomic E-state index is 12.8. The Hall–Kier alpha value is -2.50. The second-order valence-electron chi connectivity index (χ2n) is 4.48. The van der Waals surface area contributed by atoms with Crippen LogP contribution in [0.25, 0.3) is 21.9 Å². The van der Waals surface area contributed by atoms with Gasteiger partial charge in [0.05, 0.1) is 18.2 Å². The van der Waals surface area contributed by atoms with E-state index in [2.05, 4.69) is 4.74 Å². The summed E-state index contributed by atoms with van der Waals surface area (Å²) < 4.78 is 48.6. The highest BCUT2D eigenvalue weighted by molar-refractivity contribution is 6.15. The van der Waals surface area contributed by atoms with Crippen molar-refractivity contribution in [1.29, 1.82) is 0 Å². The summed E-state index contributed by atoms with van der Waals surface area (Å²) in [6.45, 7) is 0. The maximum absolute atomic E-state index is 12.8. The SMILES string of the molecule is COC(=O)c1cccc2oc3ccc(C(F)(F)F)cc3c12. The number of methoxy groups -OCH3 is 1. The number of carbonyl (C=O) groups is 1. The summed E-state index contributed by atoms with van der Waals surface area (Å²) in [5, 5.41) is 0.561. The maximum Gasteiger partial charge on any atom is 0.416 e. The molecule has 3 aromatic rings. The Morgan fingerprint density at radius 1 is 1.14 bits per heavy atom. The van der Waals surface area contributed by atoms with Crippen LogP contribution in [-0.4, -0.2) is 13.1 Å². The molecule has 0 saturated heterocycles. The van der Waals surface area contributed by atoms with Gasteiger partial charge in [0.1, 0.15) is 11.2 Å². The van der Waals surface area contributed by atoms with Crippen LogP contribution in [0.1, 0.15) is 15.9 Å². The van der Waals surface area contributed by atoms with E-state index >= 15 is 0 Å². The van der Waals surface area contributed by atoms with E-state index in [4.69, 9.17) is 4.42 Å². The van der Waals surface area contributed by atoms with E-state index in [9.17, 15) is 18.0 Å². The Morgan fingerprint density at radius 3 is 2.57 bits per heavy atom. The third kappa shape index (κ3) is 2.12. The van der Waals surface area contributed by atoms with Crippen molar-refractivity contribution in [2.24, 2.45) is 0 Å². The van der Waals surface area contributed by atoms with Gasteiger partial charge >= 0.3 is 12.1 Å². The summed E-state index contributed by atoms with van der Waals surface area (Å²) in [7, 11) is 1.21. The highest BCUT2D eigenvalue weighted by atomic mass is 19.4. The van der Waals surface area contributed by atoms with Crippen LogP contribution < -0.4 is 0 Å². The highest BCUT2D eigenvalue weighted by Crippen LogP contribution is 2.36. The van der Waals surface area contributed by atoms with Crippen molar-refractivity contribution in [3.63, 3.8) is 0 Å². The van der Waals surface area contributed by atoms with E-state index in [1.807, 2.05) is 0 Å². The van der Waals surface area contributed by atoms with Gasteiger partial charge in [-0.2, -0.15) is 13.2 Å². The average Bonchev–Trinajstić information content (AvgIpc) is 2.83. The number of hydrogen-bond acceptors (Lipinski definition) is 3. The summed E-state index contributed by atoms with van der Waals surface area (Å²) in [5.41, 5.74) is 0.00650. The average molecular weight is 294 g/mol. The first-order valence-corrected chi connectivity index (χ1v) is 6.02. The molecule has 3 nitrogen and oxygen atoms in total. The molecule has 0 fully saturated rings. The van der Waals surface area contributed by atoms with Crippen LogP contribution in [-0.2, 0) is 10.9 Å². The lowest BCUT2D eigenvalue weighted by atomic mass is 10.0. The Bertz CT molecular complexity index is 846. The summed E-state index contributed by atoms with van der Waals surface area (Å²) in [6, 6.07) is 7.84. The number of alkyl halides is 3. The molecule has 0 unspecified atom stereocenters. The van der Waals surface area contributed by atoms with Gasteiger partial charge in [-0.15, -0.1) is 0 Å². The van der Waals surface area contributed by atoms with Crippen LogP contribution in [0.4, 0.5) is 13.2 Å². The first kappa shape index (κ1) is 13.5. The van der Waals surface area contributed by atoms with Crippen LogP contribution in [0.5, 0.6) is 0 Å². The van der Waals surface area contributed by atoms with Crippen molar-refractivity contribution in [2.45, 2.75) is 6.18 Å². The van der Waals surface area contributed by atoms with Crippen LogP contribution in [0.2, 0.25) is 0 Å². The number of esters is 1. The van der Waals surface area contributed by atoms with Gasteiger partial charge in [0.15, 0.2) is 0 Å². The lowest BCUT2D eigenvalue weighted by molar-refractivity contribution is -0.137. The zero-order valence-corrected chi connectivity index (χ0v) is 10.8. The normalized spacial score (nSPS) is 12.0. The van der Waals surface area contributed by atoms with Crippen molar-refractivity contribution < 1.29 is 27.1 Å². The van der Waals surface area contributed by atoms with Crippen molar-refractivity contribution in [3.05, 3.63) is 47.5 Å². The fourth-order valence-corrected chi connectivity index (χ4v) is 2.28. The number of furan rings is 1. The third-order valence-electron chi connectivity index (χ3n) is 3.23. The second-order valence-corrected chi connectivity index (χ2v) is 4.48. The molecule has 6 heteroatoms. The molecule has 2 aromatic carbocycles. The zero-order valence-electron chi connectivity index (χ0n) is 10.8. The summed E-state index contributed by atoms with van der Waals surface area (Å²) in [5.74, 6) is -0.624. The predicted octanol–water partition coefficient (Wildman–Crippen LogP) is 4.39. The van der Waals surface area contributed by atoms with Crippen molar-refractivity contribution >= 4 is 27.9 Å². The molecular weight excluding hydrogens is 285 g/mol. The quantitative estimate of drug-likeness (QED) is 0.625. The molecule has 0 atom stereocenters. The molecule has 0 N–H and O–H groups in total. The van der Waals surface area contributed by atoms with Gasteiger partial charge in [0, 0.05) is 10.8 Å². The van der Waals surface area contributed by atoms with Gasteiger partial charge in [0.25, 0.3) is 0 Å². The highest BCUT2D eigenvalue weighted by Gasteiger charge is 2.31. The molecule has 0 aliphatic rings. The topological polar surface area (TPSA) is 39.4 Å². The Balaban J connectivity index is 2.39. The second kappa shape index (κ2) is 4.51. The van der Waals surface area contributed by atoms with Gasteiger partial charge < -0.3 is 9.15 Å². The Labute approximate surface area is 116 Å². The molecule has 0 aliphatic heterocycles. The van der Waals surface area contributed by atoms with E-state index in [1.54, 1.807) is 12.1 Å². The van der Waals surface area contributed by atoms with Gasteiger partial charge in [-0.25, -0.2) is 4.79 Å². The predicted molar refractivity (Wildman–Crippen MR) is 70.1 cm³/mol. The van der Waals surface area contributed by atoms with Crippen molar-refractivity contribution in [2.75, 3.05) is 7.11 Å². The smallest absolute Gasteiger partial charge is 0.416 e. The van der Waals surface area contributed by atoms with E-state index < -0.39 is 17.7 Å². The number of rotatable bonds is 1. The molecule has 1 aromatic heterocycles. The zero-order chi connectivity index (χ0) is 15.2. The molecule has 0 amide bonds. The number of fused-ring (bicyclic) bond motifs is 3. The molecule has 21 heavy (non-hydrogen) atoms. The first-order chi connectivity index (χ1) is 9.91. The fourth-order valence-electron chi connectivity index (χ4n) is 2.28. The van der Waals surface area contributed by atoms with Gasteiger partial charge in [-0.3, -0.25) is 0 Å². The minimum Gasteiger partial charge on any atom is -0.465 e. The van der Waals surface area contributed by atoms with Gasteiger partial charge in [0.2, 0.25) is 0 Å². The molecule has 0 aliphatic carbocycles. The monoisotopic (exact) mass is 294 g/mol. The number of benzene rings is 2. The van der Waals surface area contributed by atoms with Crippen molar-refractivity contribution in [1.82, 2.24) is 0 Å². The van der Waals surface area contributed by atoms with E-state index in [0.717, 1.165) is 12.1 Å². The lowest BCUT2D eigenvalue weighted by Crippen LogP contribution is -2.04. The number of halogens is 3. The minimum atomic E-state index is -4.46. The van der Waals surface area contributed by atoms with Crippen molar-refractivity contribution in [3.8, 4) is 0 Å². The van der Waals surface area contributed by atoms with E-state index in [1.165, 1.54) is 19.2 Å². The third-order valence-corrected chi connectivity index (χ3v) is 3.23. The summed E-state index contributed by atoms with van der Waals surface area (Å²) in [6.07, 6.45) is -4.46. The first-order valence-electron chi connectivity index (χ1n) is 6.02. The van der Waals surface area contributed by atoms with Crippen LogP contribution in [0.3, 0.4) is 0 Å². The summed E-state index contributed by atoms with van der Waals surface area (Å²) >= 11 is 0. The van der Waals surface area contributed by atoms with Gasteiger partial charge in [-0.05, 0) is 30.3 Å². The lowest BCUT2D eigenvalue weighted by Gasteiger charge is -2.06. The fraction of sp³-hybridized carbons (Fsp3) is 0.133. The largest absolute Gasteiger partial charge is 0.465 e. The molecule has 0 saturated carbocycles. The molecule has 108 valence electrons. The molecule has 0 spiro atoms. The van der Waals surface area contributed by atoms with E-state index in [0.29, 0.717) is 11.0 Å². The van der Waals surface area contributed by atoms with Gasteiger partial charge in [-0.1, -0.05) is 6.07 Å². The number of hydrogen-bond donors (Lipinski definition) is 0. The number of carbonyl (C=O) groups excluding carboxylic acids is 1. The Kier molecular flexibility index (Phi) is 2.90. The molecular formula is C15H9F3O3. The standard InChI is InChI=1S/C15H9F3O3/c1-20-14(19)9-3-2-4-12-13(9)10-7-8(15(16,17)18)5-6-11(10)21-12/h2-7H,1H3. The molecule has 0 radical (unpaired) electrons. The van der Waals surface area contributed by atoms with E-state index in [-0.39, 0.29) is 16.5 Å². The molecule has 3 rings (SSSR count). The Morgan fingerprint density at radius 2 is 1.90 bits per heavy atom. The number of ether oxygens (including phenoxy) is 1. The van der Waals surface area contributed by atoms with Crippen LogP contribution in [0.15, 0.2) is 40.8 Å². The molecule has 1 heterocycles.